The number of hydrogen-bond donors (Lipinski definition) is 1. The van der Waals surface area contributed by atoms with Crippen molar-refractivity contribution >= 4 is 17.3 Å². The maximum absolute atomic E-state index is 5.89. The smallest absolute Gasteiger partial charge is 0.0393 e. The Hall–Kier alpha value is -0.760. The fourth-order valence-electron chi connectivity index (χ4n) is 1.54. The van der Waals surface area contributed by atoms with Crippen LogP contribution in [0.1, 0.15) is 18.5 Å². The predicted octanol–water partition coefficient (Wildman–Crippen LogP) is 2.57. The minimum atomic E-state index is 0.375. The number of aryl methyl sites for hydroxylation is 1. The molecule has 1 aliphatic rings. The summed E-state index contributed by atoms with van der Waals surface area (Å²) in [6, 6.07) is 4.61. The first-order valence-electron chi connectivity index (χ1n) is 4.57. The second-order valence-corrected chi connectivity index (χ2v) is 4.21. The van der Waals surface area contributed by atoms with Crippen molar-refractivity contribution in [3.8, 4) is 0 Å². The number of hydrogen-bond acceptors (Lipinski definition) is 2. The molecule has 0 unspecified atom stereocenters. The lowest BCUT2D eigenvalue weighted by Crippen LogP contribution is -2.35. The van der Waals surface area contributed by atoms with Crippen LogP contribution >= 0.6 is 11.6 Å². The van der Waals surface area contributed by atoms with Crippen LogP contribution in [0.4, 0.5) is 5.69 Å². The van der Waals surface area contributed by atoms with Gasteiger partial charge in [-0.25, -0.2) is 0 Å². The number of rotatable bonds is 2. The summed E-state index contributed by atoms with van der Waals surface area (Å²) >= 11 is 5.89. The molecule has 1 fully saturated rings. The Bertz CT molecular complexity index is 295. The van der Waals surface area contributed by atoms with Crippen LogP contribution in [0, 0.1) is 6.92 Å². The minimum Gasteiger partial charge on any atom is -0.382 e. The molecule has 0 aromatic carbocycles. The first-order chi connectivity index (χ1) is 6.24. The van der Waals surface area contributed by atoms with Crippen molar-refractivity contribution in [1.82, 2.24) is 4.98 Å². The minimum absolute atomic E-state index is 0.375. The number of halogens is 1. The van der Waals surface area contributed by atoms with Gasteiger partial charge < -0.3 is 5.32 Å². The van der Waals surface area contributed by atoms with Crippen molar-refractivity contribution in [3.63, 3.8) is 0 Å². The van der Waals surface area contributed by atoms with Crippen molar-refractivity contribution in [2.24, 2.45) is 0 Å². The Balaban J connectivity index is 1.94. The predicted molar refractivity (Wildman–Crippen MR) is 55.3 cm³/mol. The van der Waals surface area contributed by atoms with E-state index in [1.54, 1.807) is 0 Å². The second kappa shape index (κ2) is 3.54. The third kappa shape index (κ3) is 2.13. The molecule has 1 aromatic rings. The lowest BCUT2D eigenvalue weighted by molar-refractivity contribution is 0.454. The van der Waals surface area contributed by atoms with Crippen molar-refractivity contribution in [1.29, 1.82) is 0 Å². The van der Waals surface area contributed by atoms with Crippen LogP contribution in [0.2, 0.25) is 0 Å². The zero-order valence-corrected chi connectivity index (χ0v) is 8.38. The third-order valence-electron chi connectivity index (χ3n) is 2.35. The molecule has 1 aliphatic carbocycles. The highest BCUT2D eigenvalue weighted by atomic mass is 35.5. The van der Waals surface area contributed by atoms with E-state index in [4.69, 9.17) is 11.6 Å². The van der Waals surface area contributed by atoms with E-state index in [2.05, 4.69) is 16.4 Å². The Morgan fingerprint density at radius 3 is 2.92 bits per heavy atom. The fourth-order valence-corrected chi connectivity index (χ4v) is 1.97. The average Bonchev–Trinajstić information content (AvgIpc) is 2.01. The molecule has 0 saturated heterocycles. The molecule has 0 aliphatic heterocycles. The van der Waals surface area contributed by atoms with E-state index in [-0.39, 0.29) is 0 Å². The molecule has 70 valence electrons. The monoisotopic (exact) mass is 196 g/mol. The van der Waals surface area contributed by atoms with Crippen LogP contribution in [0.25, 0.3) is 0 Å². The molecule has 2 nitrogen and oxygen atoms in total. The number of alkyl halides is 1. The second-order valence-electron chi connectivity index (χ2n) is 3.60. The van der Waals surface area contributed by atoms with Crippen LogP contribution in [0.3, 0.4) is 0 Å². The number of nitrogens with one attached hydrogen (secondary N) is 1. The fraction of sp³-hybridized carbons (Fsp3) is 0.500. The first kappa shape index (κ1) is 8.82. The molecule has 1 saturated carbocycles. The molecule has 1 N–H and O–H groups in total. The number of pyridine rings is 1. The van der Waals surface area contributed by atoms with Crippen molar-refractivity contribution < 1.29 is 0 Å². The molecule has 2 rings (SSSR count). The highest BCUT2D eigenvalue weighted by molar-refractivity contribution is 6.21. The van der Waals surface area contributed by atoms with Crippen molar-refractivity contribution in [2.45, 2.75) is 31.2 Å². The molecule has 0 spiro atoms. The molecule has 1 heterocycles. The van der Waals surface area contributed by atoms with E-state index in [9.17, 15) is 0 Å². The molecule has 0 atom stereocenters. The Morgan fingerprint density at radius 2 is 2.31 bits per heavy atom. The molecule has 3 heteroatoms. The summed E-state index contributed by atoms with van der Waals surface area (Å²) in [5, 5.41) is 3.80. The van der Waals surface area contributed by atoms with E-state index in [0.29, 0.717) is 11.4 Å². The normalized spacial score (nSPS) is 26.6. The van der Waals surface area contributed by atoms with E-state index in [1.165, 1.54) is 0 Å². The standard InChI is InChI=1S/C10H13ClN2/c1-7-4-9(2-3-12-7)13-10-5-8(11)6-10/h2-4,8,10H,5-6H2,1H3,(H,12,13). The molecule has 0 amide bonds. The molecular weight excluding hydrogens is 184 g/mol. The van der Waals surface area contributed by atoms with Gasteiger partial charge in [-0.15, -0.1) is 11.6 Å². The third-order valence-corrected chi connectivity index (χ3v) is 2.70. The van der Waals surface area contributed by atoms with Crippen LogP contribution in [0.5, 0.6) is 0 Å². The van der Waals surface area contributed by atoms with Gasteiger partial charge in [0.15, 0.2) is 0 Å². The zero-order chi connectivity index (χ0) is 9.26. The molecule has 0 radical (unpaired) electrons. The maximum atomic E-state index is 5.89. The summed E-state index contributed by atoms with van der Waals surface area (Å²) in [6.45, 7) is 2.00. The highest BCUT2D eigenvalue weighted by Crippen LogP contribution is 2.28. The van der Waals surface area contributed by atoms with Gasteiger partial charge >= 0.3 is 0 Å². The van der Waals surface area contributed by atoms with Crippen LogP contribution in [0.15, 0.2) is 18.3 Å². The number of aromatic nitrogens is 1. The van der Waals surface area contributed by atoms with E-state index >= 15 is 0 Å². The Kier molecular flexibility index (Phi) is 2.40. The largest absolute Gasteiger partial charge is 0.382 e. The van der Waals surface area contributed by atoms with E-state index < -0.39 is 0 Å². The van der Waals surface area contributed by atoms with Gasteiger partial charge in [0.25, 0.3) is 0 Å². The Labute approximate surface area is 83.3 Å². The van der Waals surface area contributed by atoms with Gasteiger partial charge in [0.1, 0.15) is 0 Å². The summed E-state index contributed by atoms with van der Waals surface area (Å²) in [5.41, 5.74) is 2.20. The van der Waals surface area contributed by atoms with Crippen LogP contribution < -0.4 is 5.32 Å². The number of anilines is 1. The number of nitrogens with zero attached hydrogens (tertiary/aromatic N) is 1. The molecule has 13 heavy (non-hydrogen) atoms. The summed E-state index contributed by atoms with van der Waals surface area (Å²) in [6.07, 6.45) is 3.97. The Morgan fingerprint density at radius 1 is 1.54 bits per heavy atom. The van der Waals surface area contributed by atoms with Crippen LogP contribution in [-0.4, -0.2) is 16.4 Å². The lowest BCUT2D eigenvalue weighted by atomic mass is 9.92. The van der Waals surface area contributed by atoms with Gasteiger partial charge in [-0.1, -0.05) is 0 Å². The molecule has 0 bridgehead atoms. The topological polar surface area (TPSA) is 24.9 Å². The summed E-state index contributed by atoms with van der Waals surface area (Å²) in [4.78, 5) is 4.14. The molecular formula is C10H13ClN2. The van der Waals surface area contributed by atoms with Gasteiger partial charge in [0.05, 0.1) is 0 Å². The van der Waals surface area contributed by atoms with Crippen LogP contribution in [-0.2, 0) is 0 Å². The summed E-state index contributed by atoms with van der Waals surface area (Å²) < 4.78 is 0. The van der Waals surface area contributed by atoms with Gasteiger partial charge in [-0.2, -0.15) is 0 Å². The summed E-state index contributed by atoms with van der Waals surface area (Å²) in [5.74, 6) is 0. The van der Waals surface area contributed by atoms with Crippen molar-refractivity contribution in [3.05, 3.63) is 24.0 Å². The van der Waals surface area contributed by atoms with E-state index in [1.807, 2.05) is 19.2 Å². The summed E-state index contributed by atoms with van der Waals surface area (Å²) in [7, 11) is 0. The zero-order valence-electron chi connectivity index (χ0n) is 7.63. The average molecular weight is 197 g/mol. The van der Waals surface area contributed by atoms with Gasteiger partial charge in [0, 0.05) is 29.0 Å². The van der Waals surface area contributed by atoms with Gasteiger partial charge in [-0.05, 0) is 31.9 Å². The SMILES string of the molecule is Cc1cc(NC2CC(Cl)C2)ccn1. The maximum Gasteiger partial charge on any atom is 0.0393 e. The lowest BCUT2D eigenvalue weighted by Gasteiger charge is -2.32. The molecule has 1 aromatic heterocycles. The quantitative estimate of drug-likeness (QED) is 0.736. The van der Waals surface area contributed by atoms with Gasteiger partial charge in [0.2, 0.25) is 0 Å². The first-order valence-corrected chi connectivity index (χ1v) is 5.01. The van der Waals surface area contributed by atoms with E-state index in [0.717, 1.165) is 24.2 Å². The van der Waals surface area contributed by atoms with Gasteiger partial charge in [-0.3, -0.25) is 4.98 Å². The highest BCUT2D eigenvalue weighted by Gasteiger charge is 2.26. The van der Waals surface area contributed by atoms with Crippen molar-refractivity contribution in [2.75, 3.05) is 5.32 Å².